The lowest BCUT2D eigenvalue weighted by molar-refractivity contribution is 0.0707. The predicted octanol–water partition coefficient (Wildman–Crippen LogP) is 2.08. The Kier molecular flexibility index (Phi) is 5.45. The minimum Gasteiger partial charge on any atom is -0.377 e. The van der Waals surface area contributed by atoms with Crippen LogP contribution in [0.5, 0.6) is 0 Å². The van der Waals surface area contributed by atoms with Crippen LogP contribution in [0.15, 0.2) is 17.5 Å². The molecule has 3 nitrogen and oxygen atoms in total. The van der Waals surface area contributed by atoms with Crippen LogP contribution in [-0.2, 0) is 11.3 Å². The third-order valence-corrected chi connectivity index (χ3v) is 3.98. The van der Waals surface area contributed by atoms with Gasteiger partial charge in [-0.05, 0) is 43.8 Å². The Morgan fingerprint density at radius 1 is 1.53 bits per heavy atom. The van der Waals surface area contributed by atoms with Crippen molar-refractivity contribution in [2.24, 2.45) is 5.73 Å². The number of ether oxygens (including phenoxy) is 1. The molecule has 1 fully saturated rings. The molecule has 0 amide bonds. The summed E-state index contributed by atoms with van der Waals surface area (Å²) in [5.41, 5.74) is 5.60. The van der Waals surface area contributed by atoms with Gasteiger partial charge in [-0.25, -0.2) is 0 Å². The summed E-state index contributed by atoms with van der Waals surface area (Å²) in [6.45, 7) is 4.88. The highest BCUT2D eigenvalue weighted by molar-refractivity contribution is 7.09. The van der Waals surface area contributed by atoms with Gasteiger partial charge in [0.1, 0.15) is 0 Å². The number of rotatable bonds is 7. The second kappa shape index (κ2) is 7.11. The number of nitrogens with zero attached hydrogens (tertiary/aromatic N) is 1. The summed E-state index contributed by atoms with van der Waals surface area (Å²) in [6.07, 6.45) is 3.93. The molecule has 1 aromatic heterocycles. The Morgan fingerprint density at radius 2 is 2.47 bits per heavy atom. The van der Waals surface area contributed by atoms with Crippen LogP contribution in [0.2, 0.25) is 0 Å². The predicted molar refractivity (Wildman–Crippen MR) is 72.2 cm³/mol. The molecule has 0 aromatic carbocycles. The van der Waals surface area contributed by atoms with Crippen LogP contribution in [0.25, 0.3) is 0 Å². The molecule has 96 valence electrons. The van der Waals surface area contributed by atoms with Crippen molar-refractivity contribution >= 4 is 11.3 Å². The van der Waals surface area contributed by atoms with E-state index in [-0.39, 0.29) is 0 Å². The van der Waals surface area contributed by atoms with Crippen molar-refractivity contribution in [3.05, 3.63) is 22.4 Å². The zero-order valence-corrected chi connectivity index (χ0v) is 11.1. The Hall–Kier alpha value is -0.420. The summed E-state index contributed by atoms with van der Waals surface area (Å²) in [5.74, 6) is 0. The Bertz CT molecular complexity index is 296. The maximum absolute atomic E-state index is 5.71. The molecule has 2 N–H and O–H groups in total. The van der Waals surface area contributed by atoms with Crippen molar-refractivity contribution in [1.82, 2.24) is 4.90 Å². The largest absolute Gasteiger partial charge is 0.377 e. The molecule has 1 unspecified atom stereocenters. The van der Waals surface area contributed by atoms with Crippen molar-refractivity contribution in [2.45, 2.75) is 31.9 Å². The highest BCUT2D eigenvalue weighted by atomic mass is 32.1. The molecule has 0 aliphatic carbocycles. The van der Waals surface area contributed by atoms with Crippen molar-refractivity contribution in [3.8, 4) is 0 Å². The van der Waals surface area contributed by atoms with Gasteiger partial charge in [0.2, 0.25) is 0 Å². The maximum Gasteiger partial charge on any atom is 0.0702 e. The molecule has 1 atom stereocenters. The van der Waals surface area contributed by atoms with Crippen molar-refractivity contribution < 1.29 is 4.74 Å². The lowest BCUT2D eigenvalue weighted by atomic mass is 10.2. The lowest BCUT2D eigenvalue weighted by Crippen LogP contribution is -2.33. The minimum atomic E-state index is 0.438. The van der Waals surface area contributed by atoms with Gasteiger partial charge in [-0.1, -0.05) is 6.07 Å². The van der Waals surface area contributed by atoms with Crippen molar-refractivity contribution in [3.63, 3.8) is 0 Å². The van der Waals surface area contributed by atoms with E-state index < -0.39 is 0 Å². The second-order valence-electron chi connectivity index (χ2n) is 4.59. The van der Waals surface area contributed by atoms with Crippen LogP contribution in [-0.4, -0.2) is 37.2 Å². The summed E-state index contributed by atoms with van der Waals surface area (Å²) < 4.78 is 5.71. The molecule has 0 bridgehead atoms. The molecule has 0 saturated carbocycles. The van der Waals surface area contributed by atoms with Crippen LogP contribution in [0.3, 0.4) is 0 Å². The number of thiophene rings is 1. The van der Waals surface area contributed by atoms with Gasteiger partial charge in [0, 0.05) is 24.6 Å². The number of hydrogen-bond donors (Lipinski definition) is 1. The van der Waals surface area contributed by atoms with Gasteiger partial charge in [0.05, 0.1) is 6.10 Å². The Balaban J connectivity index is 1.83. The topological polar surface area (TPSA) is 38.5 Å². The molecular formula is C13H22N2OS. The molecule has 1 aromatic rings. The monoisotopic (exact) mass is 254 g/mol. The Morgan fingerprint density at radius 3 is 3.12 bits per heavy atom. The van der Waals surface area contributed by atoms with E-state index in [1.165, 1.54) is 17.7 Å². The molecule has 2 heterocycles. The van der Waals surface area contributed by atoms with Gasteiger partial charge in [-0.2, -0.15) is 0 Å². The summed E-state index contributed by atoms with van der Waals surface area (Å²) in [6, 6.07) is 4.32. The third kappa shape index (κ3) is 4.39. The first kappa shape index (κ1) is 13.0. The fourth-order valence-corrected chi connectivity index (χ4v) is 3.00. The van der Waals surface area contributed by atoms with E-state index in [9.17, 15) is 0 Å². The van der Waals surface area contributed by atoms with Gasteiger partial charge < -0.3 is 10.5 Å². The zero-order valence-electron chi connectivity index (χ0n) is 10.3. The van der Waals surface area contributed by atoms with Crippen molar-refractivity contribution in [1.29, 1.82) is 0 Å². The van der Waals surface area contributed by atoms with Crippen LogP contribution in [0.1, 0.15) is 24.1 Å². The summed E-state index contributed by atoms with van der Waals surface area (Å²) in [5, 5.41) is 2.14. The lowest BCUT2D eigenvalue weighted by Gasteiger charge is -2.24. The average molecular weight is 254 g/mol. The van der Waals surface area contributed by atoms with Crippen LogP contribution in [0.4, 0.5) is 0 Å². The van der Waals surface area contributed by atoms with Crippen LogP contribution < -0.4 is 5.73 Å². The molecule has 0 spiro atoms. The normalized spacial score (nSPS) is 20.2. The SMILES string of the molecule is NCCCN(Cc1cccs1)CC1CCCO1. The Labute approximate surface area is 108 Å². The fourth-order valence-electron chi connectivity index (χ4n) is 2.25. The van der Waals surface area contributed by atoms with Gasteiger partial charge in [0.25, 0.3) is 0 Å². The highest BCUT2D eigenvalue weighted by Gasteiger charge is 2.19. The second-order valence-corrected chi connectivity index (χ2v) is 5.62. The molecule has 2 rings (SSSR count). The summed E-state index contributed by atoms with van der Waals surface area (Å²) in [4.78, 5) is 3.91. The van der Waals surface area contributed by atoms with E-state index in [1.807, 2.05) is 11.3 Å². The third-order valence-electron chi connectivity index (χ3n) is 3.12. The molecule has 0 radical (unpaired) electrons. The highest BCUT2D eigenvalue weighted by Crippen LogP contribution is 2.17. The van der Waals surface area contributed by atoms with Crippen LogP contribution in [0, 0.1) is 0 Å². The van der Waals surface area contributed by atoms with Crippen LogP contribution >= 0.6 is 11.3 Å². The number of hydrogen-bond acceptors (Lipinski definition) is 4. The van der Waals surface area contributed by atoms with E-state index in [1.54, 1.807) is 0 Å². The summed E-state index contributed by atoms with van der Waals surface area (Å²) >= 11 is 1.83. The number of nitrogens with two attached hydrogens (primary N) is 1. The minimum absolute atomic E-state index is 0.438. The first-order valence-corrected chi connectivity index (χ1v) is 7.33. The molecule has 1 saturated heterocycles. The molecule has 4 heteroatoms. The van der Waals surface area contributed by atoms with E-state index in [4.69, 9.17) is 10.5 Å². The molecule has 1 aliphatic rings. The standard InChI is InChI=1S/C13H22N2OS/c14-6-3-7-15(10-12-4-1-8-16-12)11-13-5-2-9-17-13/h2,5,9,12H,1,3-4,6-8,10-11,14H2. The van der Waals surface area contributed by atoms with Gasteiger partial charge in [-0.3, -0.25) is 4.90 Å². The zero-order chi connectivity index (χ0) is 11.9. The first-order chi connectivity index (χ1) is 8.38. The average Bonchev–Trinajstić information content (AvgIpc) is 2.99. The molecule has 17 heavy (non-hydrogen) atoms. The van der Waals surface area contributed by atoms with Gasteiger partial charge in [0.15, 0.2) is 0 Å². The summed E-state index contributed by atoms with van der Waals surface area (Å²) in [7, 11) is 0. The van der Waals surface area contributed by atoms with Crippen molar-refractivity contribution in [2.75, 3.05) is 26.2 Å². The van der Waals surface area contributed by atoms with E-state index in [0.717, 1.165) is 39.2 Å². The first-order valence-electron chi connectivity index (χ1n) is 6.45. The smallest absolute Gasteiger partial charge is 0.0702 e. The van der Waals surface area contributed by atoms with Gasteiger partial charge in [-0.15, -0.1) is 11.3 Å². The maximum atomic E-state index is 5.71. The van der Waals surface area contributed by atoms with E-state index in [0.29, 0.717) is 6.10 Å². The van der Waals surface area contributed by atoms with E-state index >= 15 is 0 Å². The molecular weight excluding hydrogens is 232 g/mol. The fraction of sp³-hybridized carbons (Fsp3) is 0.692. The molecule has 1 aliphatic heterocycles. The van der Waals surface area contributed by atoms with Gasteiger partial charge >= 0.3 is 0 Å². The quantitative estimate of drug-likeness (QED) is 0.809. The van der Waals surface area contributed by atoms with E-state index in [2.05, 4.69) is 22.4 Å².